The molecule has 0 aliphatic carbocycles. The Hall–Kier alpha value is -2.59. The van der Waals surface area contributed by atoms with Gasteiger partial charge in [-0.05, 0) is 29.3 Å². The molecule has 106 valence electrons. The number of nitrogens with one attached hydrogen (secondary N) is 2. The van der Waals surface area contributed by atoms with Crippen LogP contribution in [-0.2, 0) is 13.1 Å². The zero-order valence-electron chi connectivity index (χ0n) is 11.7. The molecule has 2 aromatic carbocycles. The fraction of sp³-hybridized carbons (Fsp3) is 0.118. The van der Waals surface area contributed by atoms with Gasteiger partial charge in [-0.2, -0.15) is 5.10 Å². The smallest absolute Gasteiger partial charge is 0.0662 e. The molecule has 0 unspecified atom stereocenters. The van der Waals surface area contributed by atoms with Crippen LogP contribution in [0.3, 0.4) is 0 Å². The first-order valence-corrected chi connectivity index (χ1v) is 7.00. The van der Waals surface area contributed by atoms with Gasteiger partial charge in [0.05, 0.1) is 6.54 Å². The number of para-hydroxylation sites is 1. The Morgan fingerprint density at radius 3 is 2.38 bits per heavy atom. The molecule has 0 bridgehead atoms. The van der Waals surface area contributed by atoms with E-state index in [4.69, 9.17) is 0 Å². The monoisotopic (exact) mass is 278 g/mol. The molecule has 0 saturated carbocycles. The lowest BCUT2D eigenvalue weighted by Gasteiger charge is -2.12. The predicted molar refractivity (Wildman–Crippen MR) is 84.7 cm³/mol. The van der Waals surface area contributed by atoms with E-state index in [9.17, 15) is 0 Å². The standard InChI is InChI=1S/C17H18N4/c1-2-9-17(10-3-1)20-18-13-15-7-4-5-8-16(15)14-21-12-6-11-19-21/h1-12,18,20H,13-14H2. The first-order valence-electron chi connectivity index (χ1n) is 7.00. The second-order valence-electron chi connectivity index (χ2n) is 4.82. The first-order chi connectivity index (χ1) is 10.4. The van der Waals surface area contributed by atoms with Gasteiger partial charge >= 0.3 is 0 Å². The van der Waals surface area contributed by atoms with Crippen LogP contribution in [0, 0.1) is 0 Å². The minimum absolute atomic E-state index is 0.756. The third-order valence-electron chi connectivity index (χ3n) is 3.30. The van der Waals surface area contributed by atoms with Crippen molar-refractivity contribution in [1.29, 1.82) is 0 Å². The molecule has 0 radical (unpaired) electrons. The second-order valence-corrected chi connectivity index (χ2v) is 4.82. The molecule has 2 N–H and O–H groups in total. The Kier molecular flexibility index (Phi) is 4.29. The maximum absolute atomic E-state index is 4.26. The van der Waals surface area contributed by atoms with E-state index in [-0.39, 0.29) is 0 Å². The molecule has 4 heteroatoms. The van der Waals surface area contributed by atoms with E-state index in [1.807, 2.05) is 47.3 Å². The Balaban J connectivity index is 1.62. The summed E-state index contributed by atoms with van der Waals surface area (Å²) in [6, 6.07) is 20.4. The minimum Gasteiger partial charge on any atom is -0.321 e. The summed E-state index contributed by atoms with van der Waals surface area (Å²) < 4.78 is 1.93. The zero-order valence-corrected chi connectivity index (χ0v) is 11.7. The number of hydrazine groups is 1. The van der Waals surface area contributed by atoms with Gasteiger partial charge in [0.1, 0.15) is 0 Å². The molecule has 0 atom stereocenters. The van der Waals surface area contributed by atoms with Crippen LogP contribution in [0.15, 0.2) is 73.1 Å². The molecule has 4 nitrogen and oxygen atoms in total. The van der Waals surface area contributed by atoms with Gasteiger partial charge in [-0.25, -0.2) is 5.43 Å². The van der Waals surface area contributed by atoms with Crippen LogP contribution in [0.5, 0.6) is 0 Å². The third-order valence-corrected chi connectivity index (χ3v) is 3.30. The normalized spacial score (nSPS) is 10.5. The van der Waals surface area contributed by atoms with Crippen molar-refractivity contribution >= 4 is 5.69 Å². The Morgan fingerprint density at radius 1 is 0.857 bits per heavy atom. The molecule has 0 amide bonds. The molecular formula is C17H18N4. The highest BCUT2D eigenvalue weighted by Gasteiger charge is 2.02. The van der Waals surface area contributed by atoms with Crippen molar-refractivity contribution in [2.75, 3.05) is 5.43 Å². The number of nitrogens with zero attached hydrogens (tertiary/aromatic N) is 2. The molecule has 0 aliphatic heterocycles. The summed E-state index contributed by atoms with van der Waals surface area (Å²) in [5, 5.41) is 4.26. The number of hydrogen-bond donors (Lipinski definition) is 2. The van der Waals surface area contributed by atoms with E-state index in [2.05, 4.69) is 40.2 Å². The number of hydrogen-bond acceptors (Lipinski definition) is 3. The first kappa shape index (κ1) is 13.4. The van der Waals surface area contributed by atoms with E-state index in [0.29, 0.717) is 0 Å². The molecular weight excluding hydrogens is 260 g/mol. The summed E-state index contributed by atoms with van der Waals surface area (Å²) in [5.41, 5.74) is 10.1. The van der Waals surface area contributed by atoms with Gasteiger partial charge in [0.25, 0.3) is 0 Å². The van der Waals surface area contributed by atoms with E-state index in [0.717, 1.165) is 18.8 Å². The van der Waals surface area contributed by atoms with E-state index in [1.165, 1.54) is 11.1 Å². The van der Waals surface area contributed by atoms with Crippen molar-refractivity contribution in [3.63, 3.8) is 0 Å². The van der Waals surface area contributed by atoms with Gasteiger partial charge in [0.15, 0.2) is 0 Å². The fourth-order valence-corrected chi connectivity index (χ4v) is 2.22. The van der Waals surface area contributed by atoms with Gasteiger partial charge in [-0.15, -0.1) is 0 Å². The van der Waals surface area contributed by atoms with Gasteiger partial charge in [-0.3, -0.25) is 4.68 Å². The molecule has 0 saturated heterocycles. The molecule has 1 heterocycles. The topological polar surface area (TPSA) is 41.9 Å². The lowest BCUT2D eigenvalue weighted by atomic mass is 10.1. The molecule has 3 rings (SSSR count). The average molecular weight is 278 g/mol. The number of benzene rings is 2. The maximum Gasteiger partial charge on any atom is 0.0662 e. The highest BCUT2D eigenvalue weighted by Crippen LogP contribution is 2.10. The van der Waals surface area contributed by atoms with Gasteiger partial charge in [-0.1, -0.05) is 42.5 Å². The van der Waals surface area contributed by atoms with Crippen molar-refractivity contribution in [3.8, 4) is 0 Å². The van der Waals surface area contributed by atoms with E-state index in [1.54, 1.807) is 6.20 Å². The Labute approximate surface area is 124 Å². The molecule has 0 spiro atoms. The number of anilines is 1. The Morgan fingerprint density at radius 2 is 1.62 bits per heavy atom. The maximum atomic E-state index is 4.26. The van der Waals surface area contributed by atoms with E-state index < -0.39 is 0 Å². The molecule has 1 aromatic heterocycles. The predicted octanol–water partition coefficient (Wildman–Crippen LogP) is 3.05. The molecule has 21 heavy (non-hydrogen) atoms. The largest absolute Gasteiger partial charge is 0.321 e. The van der Waals surface area contributed by atoms with Crippen LogP contribution in [0.1, 0.15) is 11.1 Å². The summed E-state index contributed by atoms with van der Waals surface area (Å²) in [7, 11) is 0. The molecule has 3 aromatic rings. The highest BCUT2D eigenvalue weighted by molar-refractivity contribution is 5.41. The van der Waals surface area contributed by atoms with Crippen molar-refractivity contribution in [2.45, 2.75) is 13.1 Å². The van der Waals surface area contributed by atoms with Crippen LogP contribution in [0.2, 0.25) is 0 Å². The van der Waals surface area contributed by atoms with Gasteiger partial charge in [0.2, 0.25) is 0 Å². The summed E-state index contributed by atoms with van der Waals surface area (Å²) >= 11 is 0. The van der Waals surface area contributed by atoms with Crippen molar-refractivity contribution in [1.82, 2.24) is 15.2 Å². The van der Waals surface area contributed by atoms with Crippen LogP contribution in [0.25, 0.3) is 0 Å². The van der Waals surface area contributed by atoms with Crippen LogP contribution in [0.4, 0.5) is 5.69 Å². The summed E-state index contributed by atoms with van der Waals surface area (Å²) in [5.74, 6) is 0. The Bertz CT molecular complexity index is 662. The fourth-order valence-electron chi connectivity index (χ4n) is 2.22. The van der Waals surface area contributed by atoms with Crippen LogP contribution >= 0.6 is 0 Å². The molecule has 0 fully saturated rings. The van der Waals surface area contributed by atoms with Crippen LogP contribution < -0.4 is 10.9 Å². The highest BCUT2D eigenvalue weighted by atomic mass is 15.3. The molecule has 0 aliphatic rings. The van der Waals surface area contributed by atoms with Crippen molar-refractivity contribution in [3.05, 3.63) is 84.2 Å². The lowest BCUT2D eigenvalue weighted by Crippen LogP contribution is -2.21. The van der Waals surface area contributed by atoms with Crippen molar-refractivity contribution < 1.29 is 0 Å². The SMILES string of the molecule is c1ccc(NNCc2ccccc2Cn2cccn2)cc1. The zero-order chi connectivity index (χ0) is 14.3. The lowest BCUT2D eigenvalue weighted by molar-refractivity contribution is 0.674. The summed E-state index contributed by atoms with van der Waals surface area (Å²) in [4.78, 5) is 0. The minimum atomic E-state index is 0.756. The summed E-state index contributed by atoms with van der Waals surface area (Å²) in [6.07, 6.45) is 3.78. The number of aromatic nitrogens is 2. The number of rotatable bonds is 6. The quantitative estimate of drug-likeness (QED) is 0.681. The average Bonchev–Trinajstić information content (AvgIpc) is 3.03. The van der Waals surface area contributed by atoms with Crippen molar-refractivity contribution in [2.24, 2.45) is 0 Å². The summed E-state index contributed by atoms with van der Waals surface area (Å²) in [6.45, 7) is 1.54. The third kappa shape index (κ3) is 3.70. The van der Waals surface area contributed by atoms with Gasteiger partial charge in [0, 0.05) is 24.6 Å². The van der Waals surface area contributed by atoms with Crippen LogP contribution in [-0.4, -0.2) is 9.78 Å². The van der Waals surface area contributed by atoms with Gasteiger partial charge < -0.3 is 5.43 Å². The second kappa shape index (κ2) is 6.72. The van der Waals surface area contributed by atoms with E-state index >= 15 is 0 Å².